The van der Waals surface area contributed by atoms with Gasteiger partial charge in [-0.2, -0.15) is 0 Å². The van der Waals surface area contributed by atoms with Gasteiger partial charge in [-0.15, -0.1) is 0 Å². The number of hydrogen-bond donors (Lipinski definition) is 0. The summed E-state index contributed by atoms with van der Waals surface area (Å²) in [5, 5.41) is 0. The number of pyridine rings is 1. The molecule has 1 atom stereocenters. The standard InChI is InChI=1S/C26H34N4O2/c1-20(31)29-16-12-26(13-17-29,19-21-8-5-4-6-9-21)25(32)30-15-7-10-23(30)22-11-14-27-24(18-22)28(2)3/h4-6,8-9,11,14,18,23H,7,10,12-13,15-17,19H2,1-3H3/t23-/m1/s1. The van der Waals surface area contributed by atoms with Crippen molar-refractivity contribution in [2.24, 2.45) is 5.41 Å². The lowest BCUT2D eigenvalue weighted by Gasteiger charge is -2.43. The molecule has 0 unspecified atom stereocenters. The molecular weight excluding hydrogens is 400 g/mol. The van der Waals surface area contributed by atoms with Crippen molar-refractivity contribution >= 4 is 17.6 Å². The number of carbonyl (C=O) groups excluding carboxylic acids is 2. The molecule has 2 amide bonds. The predicted molar refractivity (Wildman–Crippen MR) is 126 cm³/mol. The lowest BCUT2D eigenvalue weighted by atomic mass is 9.72. The van der Waals surface area contributed by atoms with Crippen LogP contribution in [0, 0.1) is 5.41 Å². The average molecular weight is 435 g/mol. The maximum atomic E-state index is 14.2. The Morgan fingerprint density at radius 1 is 1.09 bits per heavy atom. The van der Waals surface area contributed by atoms with Crippen LogP contribution in [-0.4, -0.2) is 60.3 Å². The van der Waals surface area contributed by atoms with Gasteiger partial charge in [0.1, 0.15) is 5.82 Å². The van der Waals surface area contributed by atoms with Gasteiger partial charge >= 0.3 is 0 Å². The maximum absolute atomic E-state index is 14.2. The van der Waals surface area contributed by atoms with E-state index in [9.17, 15) is 9.59 Å². The molecule has 3 heterocycles. The van der Waals surface area contributed by atoms with Crippen molar-refractivity contribution in [3.8, 4) is 0 Å². The number of likely N-dealkylation sites (tertiary alicyclic amines) is 2. The van der Waals surface area contributed by atoms with E-state index in [-0.39, 0.29) is 17.9 Å². The summed E-state index contributed by atoms with van der Waals surface area (Å²) in [7, 11) is 3.97. The van der Waals surface area contributed by atoms with Crippen molar-refractivity contribution in [1.29, 1.82) is 0 Å². The largest absolute Gasteiger partial charge is 0.363 e. The van der Waals surface area contributed by atoms with Crippen molar-refractivity contribution in [2.75, 3.05) is 38.6 Å². The van der Waals surface area contributed by atoms with E-state index in [0.717, 1.165) is 37.2 Å². The minimum absolute atomic E-state index is 0.0858. The summed E-state index contributed by atoms with van der Waals surface area (Å²) in [5.74, 6) is 1.25. The Kier molecular flexibility index (Phi) is 6.49. The third kappa shape index (κ3) is 4.50. The van der Waals surface area contributed by atoms with Crippen molar-refractivity contribution in [3.63, 3.8) is 0 Å². The first-order valence-electron chi connectivity index (χ1n) is 11.6. The van der Waals surface area contributed by atoms with Crippen LogP contribution in [-0.2, 0) is 16.0 Å². The highest BCUT2D eigenvalue weighted by atomic mass is 16.2. The number of piperidine rings is 1. The highest BCUT2D eigenvalue weighted by molar-refractivity contribution is 5.84. The van der Waals surface area contributed by atoms with Crippen LogP contribution < -0.4 is 4.90 Å². The third-order valence-corrected chi connectivity index (χ3v) is 7.13. The summed E-state index contributed by atoms with van der Waals surface area (Å²) >= 11 is 0. The summed E-state index contributed by atoms with van der Waals surface area (Å²) < 4.78 is 0. The average Bonchev–Trinajstić information content (AvgIpc) is 3.29. The van der Waals surface area contributed by atoms with E-state index in [1.165, 1.54) is 5.56 Å². The van der Waals surface area contributed by atoms with Crippen LogP contribution in [0.15, 0.2) is 48.7 Å². The van der Waals surface area contributed by atoms with Crippen LogP contribution in [0.5, 0.6) is 0 Å². The molecule has 1 aromatic carbocycles. The van der Waals surface area contributed by atoms with Gasteiger partial charge in [-0.3, -0.25) is 9.59 Å². The molecule has 2 fully saturated rings. The van der Waals surface area contributed by atoms with E-state index in [1.807, 2.05) is 54.4 Å². The molecule has 2 aromatic rings. The number of hydrogen-bond acceptors (Lipinski definition) is 4. The van der Waals surface area contributed by atoms with Crippen LogP contribution in [0.4, 0.5) is 5.82 Å². The fraction of sp³-hybridized carbons (Fsp3) is 0.500. The van der Waals surface area contributed by atoms with Gasteiger partial charge in [-0.25, -0.2) is 4.98 Å². The van der Waals surface area contributed by atoms with Gasteiger partial charge in [-0.1, -0.05) is 30.3 Å². The van der Waals surface area contributed by atoms with E-state index >= 15 is 0 Å². The number of carbonyl (C=O) groups is 2. The molecule has 32 heavy (non-hydrogen) atoms. The Bertz CT molecular complexity index is 951. The monoisotopic (exact) mass is 434 g/mol. The van der Waals surface area contributed by atoms with E-state index in [2.05, 4.69) is 28.1 Å². The molecule has 1 aromatic heterocycles. The zero-order valence-corrected chi connectivity index (χ0v) is 19.5. The number of rotatable bonds is 5. The van der Waals surface area contributed by atoms with Crippen molar-refractivity contribution in [1.82, 2.24) is 14.8 Å². The van der Waals surface area contributed by atoms with Crippen molar-refractivity contribution < 1.29 is 9.59 Å². The quantitative estimate of drug-likeness (QED) is 0.720. The molecule has 0 N–H and O–H groups in total. The maximum Gasteiger partial charge on any atom is 0.229 e. The van der Waals surface area contributed by atoms with Crippen LogP contribution in [0.1, 0.15) is 49.8 Å². The summed E-state index contributed by atoms with van der Waals surface area (Å²) in [6.45, 7) is 3.70. The van der Waals surface area contributed by atoms with Gasteiger partial charge in [0, 0.05) is 46.9 Å². The molecule has 0 radical (unpaired) electrons. The fourth-order valence-corrected chi connectivity index (χ4v) is 5.25. The Morgan fingerprint density at radius 2 is 1.81 bits per heavy atom. The Labute approximate surface area is 191 Å². The molecule has 0 spiro atoms. The first-order chi connectivity index (χ1) is 15.4. The molecular formula is C26H34N4O2. The normalized spacial score (nSPS) is 20.3. The number of amides is 2. The minimum atomic E-state index is -0.465. The fourth-order valence-electron chi connectivity index (χ4n) is 5.25. The molecule has 6 heteroatoms. The summed E-state index contributed by atoms with van der Waals surface area (Å²) in [4.78, 5) is 36.6. The summed E-state index contributed by atoms with van der Waals surface area (Å²) in [6.07, 6.45) is 5.98. The molecule has 6 nitrogen and oxygen atoms in total. The number of nitrogens with zero attached hydrogens (tertiary/aromatic N) is 4. The van der Waals surface area contributed by atoms with Gasteiger partial charge in [0.25, 0.3) is 0 Å². The lowest BCUT2D eigenvalue weighted by Crippen LogP contribution is -2.52. The van der Waals surface area contributed by atoms with Gasteiger partial charge in [0.2, 0.25) is 11.8 Å². The molecule has 0 saturated carbocycles. The van der Waals surface area contributed by atoms with Gasteiger partial charge < -0.3 is 14.7 Å². The van der Waals surface area contributed by atoms with E-state index < -0.39 is 5.41 Å². The van der Waals surface area contributed by atoms with E-state index in [1.54, 1.807) is 6.92 Å². The van der Waals surface area contributed by atoms with E-state index in [4.69, 9.17) is 0 Å². The highest BCUT2D eigenvalue weighted by Gasteiger charge is 2.46. The number of anilines is 1. The zero-order chi connectivity index (χ0) is 22.7. The molecule has 170 valence electrons. The van der Waals surface area contributed by atoms with Crippen molar-refractivity contribution in [2.45, 2.75) is 45.1 Å². The second-order valence-corrected chi connectivity index (χ2v) is 9.45. The second-order valence-electron chi connectivity index (χ2n) is 9.45. The first kappa shape index (κ1) is 22.3. The summed E-state index contributed by atoms with van der Waals surface area (Å²) in [6, 6.07) is 14.6. The lowest BCUT2D eigenvalue weighted by molar-refractivity contribution is -0.149. The number of aromatic nitrogens is 1. The molecule has 2 aliphatic rings. The van der Waals surface area contributed by atoms with Crippen LogP contribution >= 0.6 is 0 Å². The molecule has 4 rings (SSSR count). The molecule has 2 aliphatic heterocycles. The van der Waals surface area contributed by atoms with Gasteiger partial charge in [0.15, 0.2) is 0 Å². The van der Waals surface area contributed by atoms with Crippen molar-refractivity contribution in [3.05, 3.63) is 59.8 Å². The minimum Gasteiger partial charge on any atom is -0.363 e. The smallest absolute Gasteiger partial charge is 0.229 e. The van der Waals surface area contributed by atoms with Gasteiger partial charge in [0.05, 0.1) is 11.5 Å². The highest BCUT2D eigenvalue weighted by Crippen LogP contribution is 2.42. The third-order valence-electron chi connectivity index (χ3n) is 7.13. The molecule has 2 saturated heterocycles. The Balaban J connectivity index is 1.62. The van der Waals surface area contributed by atoms with Crippen LogP contribution in [0.2, 0.25) is 0 Å². The first-order valence-corrected chi connectivity index (χ1v) is 11.6. The van der Waals surface area contributed by atoms with Crippen LogP contribution in [0.25, 0.3) is 0 Å². The predicted octanol–water partition coefficient (Wildman–Crippen LogP) is 3.68. The Hall–Kier alpha value is -2.89. The zero-order valence-electron chi connectivity index (χ0n) is 19.5. The van der Waals surface area contributed by atoms with E-state index in [0.29, 0.717) is 25.9 Å². The molecule has 0 bridgehead atoms. The molecule has 0 aliphatic carbocycles. The van der Waals surface area contributed by atoms with Crippen LogP contribution in [0.3, 0.4) is 0 Å². The second kappa shape index (κ2) is 9.31. The summed E-state index contributed by atoms with van der Waals surface area (Å²) in [5.41, 5.74) is 1.88. The Morgan fingerprint density at radius 3 is 2.47 bits per heavy atom. The number of benzene rings is 1. The SMILES string of the molecule is CC(=O)N1CCC(Cc2ccccc2)(C(=O)N2CCC[C@@H]2c2ccnc(N(C)C)c2)CC1. The topological polar surface area (TPSA) is 56.8 Å². The van der Waals surface area contributed by atoms with Gasteiger partial charge in [-0.05, 0) is 55.4 Å².